The Hall–Kier alpha value is -2.34. The molecule has 0 radical (unpaired) electrons. The van der Waals surface area contributed by atoms with Crippen LogP contribution in [0.1, 0.15) is 45.2 Å². The van der Waals surface area contributed by atoms with Gasteiger partial charge in [0.05, 0.1) is 6.61 Å². The fourth-order valence-electron chi connectivity index (χ4n) is 3.05. The number of hydrogen-bond acceptors (Lipinski definition) is 5. The van der Waals surface area contributed by atoms with Gasteiger partial charge in [0.1, 0.15) is 11.4 Å². The largest absolute Gasteiger partial charge is 0.484 e. The van der Waals surface area contributed by atoms with Gasteiger partial charge in [-0.1, -0.05) is 42.5 Å². The minimum atomic E-state index is -3.40. The summed E-state index contributed by atoms with van der Waals surface area (Å²) in [6.45, 7) is 8.28. The molecule has 0 spiro atoms. The van der Waals surface area contributed by atoms with E-state index < -0.39 is 19.1 Å². The Morgan fingerprint density at radius 2 is 1.73 bits per heavy atom. The Morgan fingerprint density at radius 3 is 2.36 bits per heavy atom. The molecule has 182 valence electrons. The monoisotopic (exact) mass is 477 g/mol. The molecule has 0 heterocycles. The minimum Gasteiger partial charge on any atom is -0.484 e. The Kier molecular flexibility index (Phi) is 10.4. The van der Waals surface area contributed by atoms with E-state index in [1.54, 1.807) is 12.1 Å². The normalized spacial score (nSPS) is 14.2. The minimum absolute atomic E-state index is 0.103. The van der Waals surface area contributed by atoms with Crippen molar-refractivity contribution in [3.05, 3.63) is 65.7 Å². The van der Waals surface area contributed by atoms with E-state index in [9.17, 15) is 14.3 Å². The van der Waals surface area contributed by atoms with Crippen molar-refractivity contribution < 1.29 is 28.5 Å². The molecule has 0 fully saturated rings. The summed E-state index contributed by atoms with van der Waals surface area (Å²) >= 11 is 0. The zero-order valence-electron chi connectivity index (χ0n) is 20.0. The first-order valence-electron chi connectivity index (χ1n) is 11.2. The van der Waals surface area contributed by atoms with Crippen molar-refractivity contribution in [1.82, 2.24) is 5.32 Å². The molecule has 2 atom stereocenters. The molecule has 0 saturated heterocycles. The van der Waals surface area contributed by atoms with Crippen LogP contribution < -0.4 is 10.1 Å². The van der Waals surface area contributed by atoms with Crippen LogP contribution >= 0.6 is 7.37 Å². The average Bonchev–Trinajstić information content (AvgIpc) is 2.72. The van der Waals surface area contributed by atoms with Crippen LogP contribution in [0.3, 0.4) is 0 Å². The molecule has 0 aliphatic carbocycles. The zero-order valence-corrected chi connectivity index (χ0v) is 20.8. The van der Waals surface area contributed by atoms with Gasteiger partial charge in [0, 0.05) is 18.8 Å². The summed E-state index contributed by atoms with van der Waals surface area (Å²) in [6, 6.07) is 17.0. The number of amides is 1. The highest BCUT2D eigenvalue weighted by Crippen LogP contribution is 2.41. The second kappa shape index (κ2) is 12.8. The van der Waals surface area contributed by atoms with Gasteiger partial charge in [0.2, 0.25) is 7.37 Å². The highest BCUT2D eigenvalue weighted by Gasteiger charge is 2.19. The third kappa shape index (κ3) is 11.9. The van der Waals surface area contributed by atoms with E-state index in [4.69, 9.17) is 14.2 Å². The van der Waals surface area contributed by atoms with Gasteiger partial charge in [0.15, 0.2) is 6.35 Å². The van der Waals surface area contributed by atoms with Crippen molar-refractivity contribution in [2.24, 2.45) is 0 Å². The first-order valence-corrected chi connectivity index (χ1v) is 13.2. The lowest BCUT2D eigenvalue weighted by molar-refractivity contribution is 0.0508. The van der Waals surface area contributed by atoms with Crippen LogP contribution in [0.4, 0.5) is 4.79 Å². The number of hydrogen-bond donors (Lipinski definition) is 2. The van der Waals surface area contributed by atoms with Crippen LogP contribution in [0.5, 0.6) is 5.75 Å². The Labute approximate surface area is 196 Å². The second-order valence-electron chi connectivity index (χ2n) is 9.13. The second-order valence-corrected chi connectivity index (χ2v) is 11.5. The molecule has 7 nitrogen and oxygen atoms in total. The van der Waals surface area contributed by atoms with Crippen molar-refractivity contribution in [3.8, 4) is 5.75 Å². The summed E-state index contributed by atoms with van der Waals surface area (Å²) < 4.78 is 28.7. The third-order valence-corrected chi connectivity index (χ3v) is 6.12. The highest BCUT2D eigenvalue weighted by atomic mass is 31.2. The van der Waals surface area contributed by atoms with Gasteiger partial charge in [-0.25, -0.2) is 4.79 Å². The Morgan fingerprint density at radius 1 is 1.06 bits per heavy atom. The van der Waals surface area contributed by atoms with E-state index in [1.165, 1.54) is 0 Å². The van der Waals surface area contributed by atoms with Gasteiger partial charge in [-0.3, -0.25) is 4.57 Å². The van der Waals surface area contributed by atoms with Gasteiger partial charge in [0.25, 0.3) is 0 Å². The topological polar surface area (TPSA) is 94.1 Å². The number of rotatable bonds is 12. The Bertz CT molecular complexity index is 895. The van der Waals surface area contributed by atoms with Crippen molar-refractivity contribution in [3.63, 3.8) is 0 Å². The molecular formula is C25H36NO6P. The van der Waals surface area contributed by atoms with Gasteiger partial charge in [-0.15, -0.1) is 0 Å². The summed E-state index contributed by atoms with van der Waals surface area (Å²) in [5.74, 6) is 0.529. The van der Waals surface area contributed by atoms with Gasteiger partial charge < -0.3 is 24.4 Å². The third-order valence-electron chi connectivity index (χ3n) is 4.57. The van der Waals surface area contributed by atoms with E-state index >= 15 is 0 Å². The highest BCUT2D eigenvalue weighted by molar-refractivity contribution is 7.57. The quantitative estimate of drug-likeness (QED) is 0.316. The van der Waals surface area contributed by atoms with Crippen LogP contribution in [0.15, 0.2) is 54.6 Å². The van der Waals surface area contributed by atoms with E-state index in [0.29, 0.717) is 31.8 Å². The van der Waals surface area contributed by atoms with Crippen LogP contribution in [-0.2, 0) is 27.1 Å². The lowest BCUT2D eigenvalue weighted by Gasteiger charge is -2.22. The first-order chi connectivity index (χ1) is 15.5. The molecule has 8 heteroatoms. The maximum absolute atomic E-state index is 12.4. The maximum atomic E-state index is 12.4. The fourth-order valence-corrected chi connectivity index (χ4v) is 4.16. The van der Waals surface area contributed by atoms with Gasteiger partial charge in [-0.05, 0) is 63.8 Å². The van der Waals surface area contributed by atoms with E-state index in [1.807, 2.05) is 70.2 Å². The molecule has 1 unspecified atom stereocenters. The molecule has 0 aromatic heterocycles. The van der Waals surface area contributed by atoms with Crippen LogP contribution in [-0.4, -0.2) is 41.7 Å². The molecule has 0 bridgehead atoms. The first kappa shape index (κ1) is 26.9. The summed E-state index contributed by atoms with van der Waals surface area (Å²) in [4.78, 5) is 22.0. The summed E-state index contributed by atoms with van der Waals surface area (Å²) in [5.41, 5.74) is 1.55. The number of carbonyl (C=O) groups excluding carboxylic acids is 1. The Balaban J connectivity index is 1.67. The van der Waals surface area contributed by atoms with Crippen LogP contribution in [0.25, 0.3) is 0 Å². The van der Waals surface area contributed by atoms with Crippen LogP contribution in [0, 0.1) is 0 Å². The van der Waals surface area contributed by atoms with Gasteiger partial charge in [-0.2, -0.15) is 0 Å². The van der Waals surface area contributed by atoms with Crippen molar-refractivity contribution >= 4 is 13.5 Å². The molecule has 1 amide bonds. The smallest absolute Gasteiger partial charge is 0.407 e. The van der Waals surface area contributed by atoms with Crippen molar-refractivity contribution in [2.75, 3.05) is 19.1 Å². The van der Waals surface area contributed by atoms with E-state index in [0.717, 1.165) is 11.1 Å². The number of ether oxygens (including phenoxy) is 3. The molecule has 33 heavy (non-hydrogen) atoms. The average molecular weight is 478 g/mol. The molecule has 0 aliphatic heterocycles. The molecule has 0 saturated carbocycles. The predicted octanol–water partition coefficient (Wildman–Crippen LogP) is 5.36. The van der Waals surface area contributed by atoms with Crippen molar-refractivity contribution in [1.29, 1.82) is 0 Å². The van der Waals surface area contributed by atoms with Crippen molar-refractivity contribution in [2.45, 2.75) is 58.8 Å². The summed E-state index contributed by atoms with van der Waals surface area (Å²) in [7, 11) is -3.40. The molecule has 2 aromatic rings. The standard InChI is InChI=1S/C25H36NO6P/c1-20(26-24(27)32-25(2,3)4)17-21-11-13-23(14-12-21)31-19-33(28,29)16-8-15-30-18-22-9-6-5-7-10-22/h5-7,9-14,20H,8,15-19H2,1-4H3,(H,26,27)(H,28,29). The lowest BCUT2D eigenvalue weighted by Crippen LogP contribution is -2.38. The summed E-state index contributed by atoms with van der Waals surface area (Å²) in [6.07, 6.45) is 0.584. The van der Waals surface area contributed by atoms with Gasteiger partial charge >= 0.3 is 6.09 Å². The molecule has 2 rings (SSSR count). The SMILES string of the molecule is CC(Cc1ccc(OC[P@](=O)(O)CCCOCc2ccccc2)cc1)NC(=O)OC(C)(C)C. The molecule has 0 aliphatic rings. The molecule has 2 N–H and O–H groups in total. The lowest BCUT2D eigenvalue weighted by atomic mass is 10.1. The van der Waals surface area contributed by atoms with E-state index in [2.05, 4.69) is 5.32 Å². The van der Waals surface area contributed by atoms with E-state index in [-0.39, 0.29) is 18.6 Å². The predicted molar refractivity (Wildman–Crippen MR) is 130 cm³/mol. The zero-order chi connectivity index (χ0) is 24.3. The number of benzene rings is 2. The number of alkyl carbamates (subject to hydrolysis) is 1. The number of carbonyl (C=O) groups is 1. The molecular weight excluding hydrogens is 441 g/mol. The van der Waals surface area contributed by atoms with Crippen LogP contribution in [0.2, 0.25) is 0 Å². The summed E-state index contributed by atoms with van der Waals surface area (Å²) in [5, 5.41) is 2.81. The maximum Gasteiger partial charge on any atom is 0.407 e. The fraction of sp³-hybridized carbons (Fsp3) is 0.480. The number of nitrogens with one attached hydrogen (secondary N) is 1. The molecule has 2 aromatic carbocycles.